The first-order chi connectivity index (χ1) is 9.90. The van der Waals surface area contributed by atoms with Gasteiger partial charge in [0.2, 0.25) is 0 Å². The highest BCUT2D eigenvalue weighted by Crippen LogP contribution is 2.34. The first kappa shape index (κ1) is 12.0. The van der Waals surface area contributed by atoms with Crippen LogP contribution in [0.15, 0.2) is 42.5 Å². The number of nitrogens with one attached hydrogen (secondary N) is 1. The van der Waals surface area contributed by atoms with E-state index in [9.17, 15) is 0 Å². The molecule has 2 aromatic carbocycles. The largest absolute Gasteiger partial charge is 0.493 e. The molecule has 0 fully saturated rings. The summed E-state index contributed by atoms with van der Waals surface area (Å²) in [6, 6.07) is 15.3. The van der Waals surface area contributed by atoms with Gasteiger partial charge in [-0.25, -0.2) is 0 Å². The molecule has 20 heavy (non-hydrogen) atoms. The van der Waals surface area contributed by atoms with Gasteiger partial charge in [0.05, 0.1) is 6.61 Å². The van der Waals surface area contributed by atoms with E-state index in [1.807, 2.05) is 0 Å². The normalized spacial score (nSPS) is 18.9. The van der Waals surface area contributed by atoms with Crippen LogP contribution >= 0.6 is 0 Å². The van der Waals surface area contributed by atoms with Gasteiger partial charge in [0.1, 0.15) is 5.75 Å². The van der Waals surface area contributed by atoms with Crippen molar-refractivity contribution in [3.05, 3.63) is 64.7 Å². The second-order valence-corrected chi connectivity index (χ2v) is 5.77. The highest BCUT2D eigenvalue weighted by molar-refractivity contribution is 5.41. The molecule has 0 bridgehead atoms. The molecule has 2 aromatic rings. The Balaban J connectivity index is 1.34. The first-order valence-electron chi connectivity index (χ1n) is 7.43. The van der Waals surface area contributed by atoms with Crippen molar-refractivity contribution in [3.63, 3.8) is 0 Å². The zero-order valence-electron chi connectivity index (χ0n) is 11.6. The maximum Gasteiger partial charge on any atom is 0.122 e. The molecule has 0 spiro atoms. The topological polar surface area (TPSA) is 21.3 Å². The van der Waals surface area contributed by atoms with Crippen LogP contribution in [0.1, 0.15) is 28.2 Å². The Bertz CT molecular complexity index is 635. The molecule has 1 aliphatic heterocycles. The van der Waals surface area contributed by atoms with Crippen LogP contribution in [-0.4, -0.2) is 13.2 Å². The summed E-state index contributed by atoms with van der Waals surface area (Å²) in [5.41, 5.74) is 5.77. The average Bonchev–Trinajstić information content (AvgIpc) is 2.91. The predicted octanol–water partition coefficient (Wildman–Crippen LogP) is 3.05. The Morgan fingerprint density at radius 1 is 1.10 bits per heavy atom. The summed E-state index contributed by atoms with van der Waals surface area (Å²) in [4.78, 5) is 0. The molecule has 0 saturated heterocycles. The van der Waals surface area contributed by atoms with Gasteiger partial charge in [0.15, 0.2) is 0 Å². The number of hydrogen-bond donors (Lipinski definition) is 1. The third kappa shape index (κ3) is 2.10. The summed E-state index contributed by atoms with van der Waals surface area (Å²) in [5, 5.41) is 3.59. The predicted molar refractivity (Wildman–Crippen MR) is 80.2 cm³/mol. The van der Waals surface area contributed by atoms with Crippen LogP contribution < -0.4 is 10.1 Å². The molecule has 2 heteroatoms. The van der Waals surface area contributed by atoms with E-state index in [1.165, 1.54) is 28.7 Å². The number of hydrogen-bond acceptors (Lipinski definition) is 2. The van der Waals surface area contributed by atoms with Crippen molar-refractivity contribution in [1.29, 1.82) is 0 Å². The van der Waals surface area contributed by atoms with Gasteiger partial charge < -0.3 is 10.1 Å². The lowest BCUT2D eigenvalue weighted by molar-refractivity contribution is 0.357. The van der Waals surface area contributed by atoms with Crippen molar-refractivity contribution >= 4 is 0 Å². The average molecular weight is 265 g/mol. The molecule has 102 valence electrons. The molecule has 0 aromatic heterocycles. The lowest BCUT2D eigenvalue weighted by atomic mass is 9.77. The Morgan fingerprint density at radius 3 is 3.00 bits per heavy atom. The van der Waals surface area contributed by atoms with E-state index in [-0.39, 0.29) is 0 Å². The molecule has 1 atom stereocenters. The molecule has 0 radical (unpaired) electrons. The Hall–Kier alpha value is -1.80. The van der Waals surface area contributed by atoms with Gasteiger partial charge in [-0.3, -0.25) is 0 Å². The standard InChI is InChI=1S/C18H19NO/c1-2-4-17-14(3-1)10-16(17)12-19-11-13-5-6-18-15(9-13)7-8-20-18/h1-6,9,16,19H,7-8,10-12H2. The van der Waals surface area contributed by atoms with Crippen molar-refractivity contribution < 1.29 is 4.74 Å². The summed E-state index contributed by atoms with van der Waals surface area (Å²) in [7, 11) is 0. The molecular formula is C18H19NO. The van der Waals surface area contributed by atoms with Gasteiger partial charge in [-0.1, -0.05) is 36.4 Å². The van der Waals surface area contributed by atoms with E-state index < -0.39 is 0 Å². The van der Waals surface area contributed by atoms with E-state index in [1.54, 1.807) is 0 Å². The van der Waals surface area contributed by atoms with E-state index in [4.69, 9.17) is 4.74 Å². The highest BCUT2D eigenvalue weighted by Gasteiger charge is 2.24. The maximum atomic E-state index is 5.54. The van der Waals surface area contributed by atoms with Gasteiger partial charge in [0, 0.05) is 25.4 Å². The van der Waals surface area contributed by atoms with Crippen LogP contribution in [0.3, 0.4) is 0 Å². The minimum atomic E-state index is 0.698. The molecule has 2 aliphatic rings. The fourth-order valence-electron chi connectivity index (χ4n) is 3.29. The molecule has 0 saturated carbocycles. The van der Waals surface area contributed by atoms with Crippen LogP contribution in [0.4, 0.5) is 0 Å². The van der Waals surface area contributed by atoms with Gasteiger partial charge in [0.25, 0.3) is 0 Å². The van der Waals surface area contributed by atoms with Crippen LogP contribution in [-0.2, 0) is 19.4 Å². The molecule has 2 nitrogen and oxygen atoms in total. The molecule has 1 aliphatic carbocycles. The Kier molecular flexibility index (Phi) is 2.96. The first-order valence-corrected chi connectivity index (χ1v) is 7.43. The zero-order valence-corrected chi connectivity index (χ0v) is 11.6. The highest BCUT2D eigenvalue weighted by atomic mass is 16.5. The van der Waals surface area contributed by atoms with Crippen LogP contribution in [0, 0.1) is 0 Å². The number of ether oxygens (including phenoxy) is 1. The third-order valence-corrected chi connectivity index (χ3v) is 4.43. The lowest BCUT2D eigenvalue weighted by Gasteiger charge is -2.30. The lowest BCUT2D eigenvalue weighted by Crippen LogP contribution is -2.28. The maximum absolute atomic E-state index is 5.54. The summed E-state index contributed by atoms with van der Waals surface area (Å²) >= 11 is 0. The molecule has 1 N–H and O–H groups in total. The fraction of sp³-hybridized carbons (Fsp3) is 0.333. The van der Waals surface area contributed by atoms with Gasteiger partial charge in [-0.2, -0.15) is 0 Å². The molecule has 1 unspecified atom stereocenters. The monoisotopic (exact) mass is 265 g/mol. The van der Waals surface area contributed by atoms with Gasteiger partial charge in [-0.15, -0.1) is 0 Å². The minimum Gasteiger partial charge on any atom is -0.493 e. The molecule has 1 heterocycles. The number of benzene rings is 2. The summed E-state index contributed by atoms with van der Waals surface area (Å²) in [6.07, 6.45) is 2.28. The molecule has 0 amide bonds. The SMILES string of the molecule is c1ccc2c(c1)CC2CNCc1ccc2c(c1)CCO2. The van der Waals surface area contributed by atoms with Crippen LogP contribution in [0.5, 0.6) is 5.75 Å². The second-order valence-electron chi connectivity index (χ2n) is 5.77. The molecule has 4 rings (SSSR count). The quantitative estimate of drug-likeness (QED) is 0.917. The van der Waals surface area contributed by atoms with E-state index in [0.717, 1.165) is 31.9 Å². The smallest absolute Gasteiger partial charge is 0.122 e. The van der Waals surface area contributed by atoms with Crippen molar-refractivity contribution in [2.45, 2.75) is 25.3 Å². The van der Waals surface area contributed by atoms with Crippen molar-refractivity contribution in [3.8, 4) is 5.75 Å². The zero-order chi connectivity index (χ0) is 13.4. The van der Waals surface area contributed by atoms with Crippen LogP contribution in [0.25, 0.3) is 0 Å². The Morgan fingerprint density at radius 2 is 2.05 bits per heavy atom. The van der Waals surface area contributed by atoms with E-state index in [0.29, 0.717) is 5.92 Å². The summed E-state index contributed by atoms with van der Waals surface area (Å²) in [5.74, 6) is 1.77. The summed E-state index contributed by atoms with van der Waals surface area (Å²) in [6.45, 7) is 2.86. The van der Waals surface area contributed by atoms with Crippen molar-refractivity contribution in [1.82, 2.24) is 5.32 Å². The Labute approximate surface area is 119 Å². The number of fused-ring (bicyclic) bond motifs is 2. The number of rotatable bonds is 4. The minimum absolute atomic E-state index is 0.698. The second kappa shape index (κ2) is 4.95. The molecular weight excluding hydrogens is 246 g/mol. The van der Waals surface area contributed by atoms with Crippen molar-refractivity contribution in [2.75, 3.05) is 13.2 Å². The van der Waals surface area contributed by atoms with E-state index >= 15 is 0 Å². The third-order valence-electron chi connectivity index (χ3n) is 4.43. The van der Waals surface area contributed by atoms with Gasteiger partial charge >= 0.3 is 0 Å². The van der Waals surface area contributed by atoms with Crippen LogP contribution in [0.2, 0.25) is 0 Å². The van der Waals surface area contributed by atoms with Crippen molar-refractivity contribution in [2.24, 2.45) is 0 Å². The fourth-order valence-corrected chi connectivity index (χ4v) is 3.29. The van der Waals surface area contributed by atoms with Gasteiger partial charge in [-0.05, 0) is 34.7 Å². The van der Waals surface area contributed by atoms with E-state index in [2.05, 4.69) is 47.8 Å². The summed E-state index contributed by atoms with van der Waals surface area (Å²) < 4.78 is 5.54.